The number of carbonyl (C=O) groups is 3. The smallest absolute Gasteiger partial charge is 0.326 e. The second-order valence-electron chi connectivity index (χ2n) is 5.00. The van der Waals surface area contributed by atoms with Gasteiger partial charge in [0.25, 0.3) is 0 Å². The van der Waals surface area contributed by atoms with Crippen molar-refractivity contribution in [3.05, 3.63) is 0 Å². The minimum Gasteiger partial charge on any atom is -0.480 e. The van der Waals surface area contributed by atoms with Crippen LogP contribution in [0, 0.1) is 5.92 Å². The maximum Gasteiger partial charge on any atom is 0.326 e. The number of aliphatic carboxylic acids is 1. The molecule has 0 saturated heterocycles. The summed E-state index contributed by atoms with van der Waals surface area (Å²) in [5.74, 6) is -1.21. The van der Waals surface area contributed by atoms with Gasteiger partial charge in [-0.1, -0.05) is 0 Å². The summed E-state index contributed by atoms with van der Waals surface area (Å²) < 4.78 is 0. The van der Waals surface area contributed by atoms with Gasteiger partial charge in [-0.15, -0.1) is 0 Å². The van der Waals surface area contributed by atoms with Crippen LogP contribution >= 0.6 is 0 Å². The Bertz CT molecular complexity index is 378. The Labute approximate surface area is 118 Å². The van der Waals surface area contributed by atoms with Crippen molar-refractivity contribution in [3.63, 3.8) is 0 Å². The molecule has 0 aliphatic heterocycles. The van der Waals surface area contributed by atoms with Crippen LogP contribution in [0.1, 0.15) is 33.6 Å². The first-order chi connectivity index (χ1) is 9.40. The summed E-state index contributed by atoms with van der Waals surface area (Å²) in [4.78, 5) is 36.4. The van der Waals surface area contributed by atoms with Crippen LogP contribution in [0.25, 0.3) is 0 Å². The van der Waals surface area contributed by atoms with Crippen molar-refractivity contribution < 1.29 is 19.5 Å². The zero-order chi connectivity index (χ0) is 15.3. The van der Waals surface area contributed by atoms with E-state index in [0.29, 0.717) is 13.1 Å². The summed E-state index contributed by atoms with van der Waals surface area (Å²) in [5.41, 5.74) is 0. The number of carboxylic acid groups (broad SMARTS) is 1. The Balaban J connectivity index is 2.48. The van der Waals surface area contributed by atoms with Crippen molar-refractivity contribution in [2.75, 3.05) is 13.1 Å². The molecule has 3 N–H and O–H groups in total. The average Bonchev–Trinajstić information content (AvgIpc) is 3.21. The molecule has 0 aromatic rings. The molecule has 1 aliphatic rings. The number of rotatable bonds is 7. The van der Waals surface area contributed by atoms with Gasteiger partial charge in [0.05, 0.1) is 0 Å². The standard InChI is InChI=1S/C13H23N3O4/c1-4-16(5-2)11(17)8(3)14-13(20)15-10(12(18)19)9-6-7-9/h8-10H,4-7H2,1-3H3,(H,18,19)(H2,14,15,20). The zero-order valence-electron chi connectivity index (χ0n) is 12.2. The molecule has 0 spiro atoms. The number of nitrogens with zero attached hydrogens (tertiary/aromatic N) is 1. The van der Waals surface area contributed by atoms with Crippen molar-refractivity contribution in [1.29, 1.82) is 0 Å². The number of hydrogen-bond acceptors (Lipinski definition) is 3. The molecule has 1 rings (SSSR count). The summed E-state index contributed by atoms with van der Waals surface area (Å²) in [6.45, 7) is 6.46. The molecule has 0 aromatic carbocycles. The number of likely N-dealkylation sites (N-methyl/N-ethyl adjacent to an activating group) is 1. The molecule has 114 valence electrons. The first-order valence-corrected chi connectivity index (χ1v) is 6.99. The molecule has 0 radical (unpaired) electrons. The molecule has 1 aliphatic carbocycles. The van der Waals surface area contributed by atoms with E-state index in [0.717, 1.165) is 12.8 Å². The van der Waals surface area contributed by atoms with Crippen LogP contribution < -0.4 is 10.6 Å². The summed E-state index contributed by atoms with van der Waals surface area (Å²) in [6.07, 6.45) is 1.62. The monoisotopic (exact) mass is 285 g/mol. The SMILES string of the molecule is CCN(CC)C(=O)C(C)NC(=O)NC(C(=O)O)C1CC1. The number of amides is 3. The zero-order valence-corrected chi connectivity index (χ0v) is 12.2. The van der Waals surface area contributed by atoms with Gasteiger partial charge in [-0.3, -0.25) is 4.79 Å². The maximum absolute atomic E-state index is 12.0. The molecular formula is C13H23N3O4. The largest absolute Gasteiger partial charge is 0.480 e. The summed E-state index contributed by atoms with van der Waals surface area (Å²) in [6, 6.07) is -2.16. The second kappa shape index (κ2) is 7.12. The van der Waals surface area contributed by atoms with Crippen LogP contribution in [-0.2, 0) is 9.59 Å². The number of carbonyl (C=O) groups excluding carboxylic acids is 2. The fraction of sp³-hybridized carbons (Fsp3) is 0.769. The Morgan fingerprint density at radius 3 is 2.15 bits per heavy atom. The second-order valence-corrected chi connectivity index (χ2v) is 5.00. The van der Waals surface area contributed by atoms with Crippen LogP contribution in [0.3, 0.4) is 0 Å². The number of urea groups is 1. The average molecular weight is 285 g/mol. The topological polar surface area (TPSA) is 98.7 Å². The van der Waals surface area contributed by atoms with E-state index in [1.807, 2.05) is 13.8 Å². The highest BCUT2D eigenvalue weighted by molar-refractivity contribution is 5.88. The van der Waals surface area contributed by atoms with E-state index >= 15 is 0 Å². The normalized spacial score (nSPS) is 16.9. The Hall–Kier alpha value is -1.79. The van der Waals surface area contributed by atoms with E-state index in [1.54, 1.807) is 11.8 Å². The summed E-state index contributed by atoms with van der Waals surface area (Å²) >= 11 is 0. The van der Waals surface area contributed by atoms with Gasteiger partial charge in [-0.05, 0) is 39.5 Å². The van der Waals surface area contributed by atoms with E-state index in [4.69, 9.17) is 5.11 Å². The van der Waals surface area contributed by atoms with Gasteiger partial charge in [-0.25, -0.2) is 9.59 Å². The number of carboxylic acids is 1. The Morgan fingerprint density at radius 1 is 1.20 bits per heavy atom. The molecule has 2 atom stereocenters. The minimum absolute atomic E-state index is 0.00652. The van der Waals surface area contributed by atoms with Crippen molar-refractivity contribution in [3.8, 4) is 0 Å². The third kappa shape index (κ3) is 4.40. The molecule has 3 amide bonds. The van der Waals surface area contributed by atoms with E-state index in [9.17, 15) is 14.4 Å². The first-order valence-electron chi connectivity index (χ1n) is 6.99. The van der Waals surface area contributed by atoms with Crippen LogP contribution in [0.15, 0.2) is 0 Å². The fourth-order valence-corrected chi connectivity index (χ4v) is 2.06. The molecule has 0 bridgehead atoms. The molecule has 0 heterocycles. The Morgan fingerprint density at radius 2 is 1.75 bits per heavy atom. The molecule has 1 saturated carbocycles. The Kier molecular flexibility index (Phi) is 5.79. The van der Waals surface area contributed by atoms with E-state index < -0.39 is 24.1 Å². The molecule has 2 unspecified atom stereocenters. The van der Waals surface area contributed by atoms with Gasteiger partial charge in [0.15, 0.2) is 0 Å². The highest BCUT2D eigenvalue weighted by Gasteiger charge is 2.37. The van der Waals surface area contributed by atoms with Crippen molar-refractivity contribution in [2.45, 2.75) is 45.7 Å². The van der Waals surface area contributed by atoms with Crippen molar-refractivity contribution >= 4 is 17.9 Å². The lowest BCUT2D eigenvalue weighted by atomic mass is 10.2. The predicted molar refractivity (Wildman–Crippen MR) is 73.2 cm³/mol. The quantitative estimate of drug-likeness (QED) is 0.630. The molecule has 1 fully saturated rings. The molecular weight excluding hydrogens is 262 g/mol. The highest BCUT2D eigenvalue weighted by Crippen LogP contribution is 2.32. The van der Waals surface area contributed by atoms with Gasteiger partial charge in [0.2, 0.25) is 5.91 Å². The van der Waals surface area contributed by atoms with Gasteiger partial charge < -0.3 is 20.6 Å². The van der Waals surface area contributed by atoms with Gasteiger partial charge in [-0.2, -0.15) is 0 Å². The van der Waals surface area contributed by atoms with E-state index in [1.165, 1.54) is 0 Å². The van der Waals surface area contributed by atoms with E-state index in [-0.39, 0.29) is 11.8 Å². The predicted octanol–water partition coefficient (Wildman–Crippen LogP) is 0.406. The minimum atomic E-state index is -1.04. The molecule has 7 nitrogen and oxygen atoms in total. The first kappa shape index (κ1) is 16.3. The number of hydrogen-bond donors (Lipinski definition) is 3. The fourth-order valence-electron chi connectivity index (χ4n) is 2.06. The third-order valence-electron chi connectivity index (χ3n) is 3.44. The van der Waals surface area contributed by atoms with Gasteiger partial charge in [0.1, 0.15) is 12.1 Å². The molecule has 7 heteroatoms. The van der Waals surface area contributed by atoms with Crippen LogP contribution in [0.4, 0.5) is 4.79 Å². The van der Waals surface area contributed by atoms with Gasteiger partial charge >= 0.3 is 12.0 Å². The molecule has 20 heavy (non-hydrogen) atoms. The van der Waals surface area contributed by atoms with Crippen LogP contribution in [0.2, 0.25) is 0 Å². The lowest BCUT2D eigenvalue weighted by molar-refractivity contribution is -0.139. The van der Waals surface area contributed by atoms with Crippen molar-refractivity contribution in [1.82, 2.24) is 15.5 Å². The van der Waals surface area contributed by atoms with Crippen LogP contribution in [-0.4, -0.2) is 53.1 Å². The molecule has 0 aromatic heterocycles. The summed E-state index contributed by atoms with van der Waals surface area (Å²) in [7, 11) is 0. The van der Waals surface area contributed by atoms with E-state index in [2.05, 4.69) is 10.6 Å². The lowest BCUT2D eigenvalue weighted by Gasteiger charge is -2.24. The lowest BCUT2D eigenvalue weighted by Crippen LogP contribution is -2.53. The van der Waals surface area contributed by atoms with Crippen molar-refractivity contribution in [2.24, 2.45) is 5.92 Å². The number of nitrogens with one attached hydrogen (secondary N) is 2. The maximum atomic E-state index is 12.0. The van der Waals surface area contributed by atoms with Crippen LogP contribution in [0.5, 0.6) is 0 Å². The summed E-state index contributed by atoms with van der Waals surface area (Å²) in [5, 5.41) is 13.9. The highest BCUT2D eigenvalue weighted by atomic mass is 16.4. The third-order valence-corrected chi connectivity index (χ3v) is 3.44. The van der Waals surface area contributed by atoms with Gasteiger partial charge in [0, 0.05) is 13.1 Å².